The lowest BCUT2D eigenvalue weighted by molar-refractivity contribution is -0.122. The van der Waals surface area contributed by atoms with Crippen LogP contribution in [0.25, 0.3) is 0 Å². The van der Waals surface area contributed by atoms with E-state index in [0.29, 0.717) is 12.8 Å². The molecule has 1 amide bonds. The SMILES string of the molecule is Cc1cc(N2C[C@H](S(=O)(=O)c3ccccc3Cl)C[C@H]2C(=O)NC2(C#N)CC2)n(C2CCSCC2)n1. The van der Waals surface area contributed by atoms with Crippen LogP contribution in [0, 0.1) is 18.3 Å². The van der Waals surface area contributed by atoms with Crippen LogP contribution in [0.15, 0.2) is 35.2 Å². The molecule has 11 heteroatoms. The highest BCUT2D eigenvalue weighted by molar-refractivity contribution is 7.99. The number of hydrogen-bond donors (Lipinski definition) is 1. The summed E-state index contributed by atoms with van der Waals surface area (Å²) in [5, 5.41) is 16.5. The molecule has 2 saturated heterocycles. The Bertz CT molecular complexity index is 1280. The lowest BCUT2D eigenvalue weighted by Crippen LogP contribution is -2.48. The third-order valence-corrected chi connectivity index (χ3v) is 10.8. The first-order valence-electron chi connectivity index (χ1n) is 11.9. The Morgan fingerprint density at radius 1 is 1.29 bits per heavy atom. The van der Waals surface area contributed by atoms with Gasteiger partial charge in [-0.2, -0.15) is 22.1 Å². The second-order valence-corrected chi connectivity index (χ2v) is 13.4. The van der Waals surface area contributed by atoms with E-state index in [1.54, 1.807) is 18.2 Å². The quantitative estimate of drug-likeness (QED) is 0.605. The third-order valence-electron chi connectivity index (χ3n) is 7.14. The van der Waals surface area contributed by atoms with Crippen molar-refractivity contribution in [3.05, 3.63) is 41.0 Å². The van der Waals surface area contributed by atoms with E-state index in [4.69, 9.17) is 16.7 Å². The fourth-order valence-corrected chi connectivity index (χ4v) is 8.30. The summed E-state index contributed by atoms with van der Waals surface area (Å²) in [7, 11) is -3.79. The minimum atomic E-state index is -3.79. The third kappa shape index (κ3) is 4.66. The molecule has 1 saturated carbocycles. The Hall–Kier alpha value is -2.22. The number of aromatic nitrogens is 2. The summed E-state index contributed by atoms with van der Waals surface area (Å²) in [5.41, 5.74) is -0.00960. The largest absolute Gasteiger partial charge is 0.343 e. The molecule has 1 aromatic carbocycles. The van der Waals surface area contributed by atoms with Gasteiger partial charge in [0, 0.05) is 12.6 Å². The van der Waals surface area contributed by atoms with E-state index in [2.05, 4.69) is 11.4 Å². The smallest absolute Gasteiger partial charge is 0.244 e. The number of nitrogens with one attached hydrogen (secondary N) is 1. The van der Waals surface area contributed by atoms with E-state index < -0.39 is 26.7 Å². The number of carbonyl (C=O) groups is 1. The molecule has 3 heterocycles. The van der Waals surface area contributed by atoms with Crippen LogP contribution in [0.4, 0.5) is 5.82 Å². The molecule has 2 atom stereocenters. The number of nitrogens with zero attached hydrogens (tertiary/aromatic N) is 4. The Labute approximate surface area is 214 Å². The number of sulfone groups is 1. The maximum Gasteiger partial charge on any atom is 0.244 e. The van der Waals surface area contributed by atoms with Crippen LogP contribution in [-0.4, -0.2) is 59.0 Å². The number of halogens is 1. The molecule has 0 bridgehead atoms. The summed E-state index contributed by atoms with van der Waals surface area (Å²) in [6, 6.07) is 10.0. The van der Waals surface area contributed by atoms with Gasteiger partial charge in [-0.3, -0.25) is 4.79 Å². The van der Waals surface area contributed by atoms with Crippen LogP contribution in [0.1, 0.15) is 43.8 Å². The number of benzene rings is 1. The summed E-state index contributed by atoms with van der Waals surface area (Å²) < 4.78 is 29.2. The zero-order valence-electron chi connectivity index (χ0n) is 19.5. The summed E-state index contributed by atoms with van der Waals surface area (Å²) in [4.78, 5) is 15.4. The number of hydrogen-bond acceptors (Lipinski definition) is 7. The van der Waals surface area contributed by atoms with Gasteiger partial charge >= 0.3 is 0 Å². The summed E-state index contributed by atoms with van der Waals surface area (Å²) in [6.45, 7) is 2.06. The number of rotatable bonds is 6. The van der Waals surface area contributed by atoms with Gasteiger partial charge in [0.2, 0.25) is 5.91 Å². The first-order valence-corrected chi connectivity index (χ1v) is 14.9. The minimum Gasteiger partial charge on any atom is -0.343 e. The predicted octanol–water partition coefficient (Wildman–Crippen LogP) is 3.51. The number of carbonyl (C=O) groups excluding carboxylic acids is 1. The van der Waals surface area contributed by atoms with Crippen molar-refractivity contribution in [2.75, 3.05) is 23.0 Å². The molecule has 3 fully saturated rings. The lowest BCUT2D eigenvalue weighted by atomic mass is 10.1. The molecule has 1 N–H and O–H groups in total. The molecule has 1 aliphatic carbocycles. The highest BCUT2D eigenvalue weighted by Crippen LogP contribution is 2.39. The Balaban J connectivity index is 1.51. The number of aryl methyl sites for hydroxylation is 1. The number of anilines is 1. The maximum absolute atomic E-state index is 13.6. The topological polar surface area (TPSA) is 108 Å². The zero-order chi connectivity index (χ0) is 24.8. The average molecular weight is 534 g/mol. The molecule has 1 aromatic heterocycles. The van der Waals surface area contributed by atoms with E-state index in [1.807, 2.05) is 34.3 Å². The minimum absolute atomic E-state index is 0.0809. The summed E-state index contributed by atoms with van der Waals surface area (Å²) >= 11 is 8.18. The van der Waals surface area contributed by atoms with Crippen LogP contribution in [0.3, 0.4) is 0 Å². The van der Waals surface area contributed by atoms with Crippen molar-refractivity contribution in [2.45, 2.75) is 66.8 Å². The molecule has 0 spiro atoms. The number of amides is 1. The highest BCUT2D eigenvalue weighted by atomic mass is 35.5. The molecule has 5 rings (SSSR count). The lowest BCUT2D eigenvalue weighted by Gasteiger charge is -2.30. The van der Waals surface area contributed by atoms with Crippen LogP contribution < -0.4 is 10.2 Å². The molecular formula is C24H28ClN5O3S2. The van der Waals surface area contributed by atoms with Gasteiger partial charge in [-0.05, 0) is 62.7 Å². The molecule has 2 aliphatic heterocycles. The monoisotopic (exact) mass is 533 g/mol. The van der Waals surface area contributed by atoms with Gasteiger partial charge < -0.3 is 10.2 Å². The predicted molar refractivity (Wildman–Crippen MR) is 136 cm³/mol. The van der Waals surface area contributed by atoms with Crippen LogP contribution in [-0.2, 0) is 14.6 Å². The van der Waals surface area contributed by atoms with Gasteiger partial charge in [-0.25, -0.2) is 13.1 Å². The molecule has 186 valence electrons. The summed E-state index contributed by atoms with van der Waals surface area (Å²) in [5.74, 6) is 2.53. The van der Waals surface area contributed by atoms with Crippen LogP contribution in [0.5, 0.6) is 0 Å². The van der Waals surface area contributed by atoms with E-state index in [-0.39, 0.29) is 34.8 Å². The molecule has 35 heavy (non-hydrogen) atoms. The molecule has 0 radical (unpaired) electrons. The molecule has 3 aliphatic rings. The second kappa shape index (κ2) is 9.34. The second-order valence-electron chi connectivity index (χ2n) is 9.62. The Morgan fingerprint density at radius 3 is 2.66 bits per heavy atom. The van der Waals surface area contributed by atoms with Crippen molar-refractivity contribution >= 4 is 44.9 Å². The highest BCUT2D eigenvalue weighted by Gasteiger charge is 2.50. The van der Waals surface area contributed by atoms with E-state index in [1.165, 1.54) is 6.07 Å². The van der Waals surface area contributed by atoms with Crippen molar-refractivity contribution in [1.82, 2.24) is 15.1 Å². The van der Waals surface area contributed by atoms with Crippen molar-refractivity contribution in [2.24, 2.45) is 0 Å². The van der Waals surface area contributed by atoms with Crippen molar-refractivity contribution < 1.29 is 13.2 Å². The van der Waals surface area contributed by atoms with Crippen molar-refractivity contribution in [3.8, 4) is 6.07 Å². The van der Waals surface area contributed by atoms with Gasteiger partial charge in [0.05, 0.1) is 33.0 Å². The van der Waals surface area contributed by atoms with Crippen molar-refractivity contribution in [1.29, 1.82) is 5.26 Å². The van der Waals surface area contributed by atoms with Gasteiger partial charge in [-0.1, -0.05) is 23.7 Å². The van der Waals surface area contributed by atoms with Crippen molar-refractivity contribution in [3.63, 3.8) is 0 Å². The molecule has 8 nitrogen and oxygen atoms in total. The summed E-state index contributed by atoms with van der Waals surface area (Å²) in [6.07, 6.45) is 3.29. The maximum atomic E-state index is 13.6. The molecular weight excluding hydrogens is 506 g/mol. The fraction of sp³-hybridized carbons (Fsp3) is 0.542. The molecule has 0 unspecified atom stereocenters. The number of nitriles is 1. The van der Waals surface area contributed by atoms with Gasteiger partial charge in [0.1, 0.15) is 17.4 Å². The standard InChI is InChI=1S/C24H28ClN5O3S2/c1-16-12-22(30(28-16)17-6-10-34-11-7-17)29-14-18(35(32,33)21-5-3-2-4-19(21)25)13-20(29)23(31)27-24(15-26)8-9-24/h2-5,12,17-18,20H,6-11,13-14H2,1H3,(H,27,31)/t18-,20+/m1/s1. The van der Waals surface area contributed by atoms with E-state index in [9.17, 15) is 18.5 Å². The van der Waals surface area contributed by atoms with Gasteiger partial charge in [-0.15, -0.1) is 0 Å². The normalized spacial score (nSPS) is 24.2. The zero-order valence-corrected chi connectivity index (χ0v) is 21.9. The van der Waals surface area contributed by atoms with Gasteiger partial charge in [0.25, 0.3) is 0 Å². The van der Waals surface area contributed by atoms with Crippen LogP contribution in [0.2, 0.25) is 5.02 Å². The van der Waals surface area contributed by atoms with E-state index >= 15 is 0 Å². The first-order chi connectivity index (χ1) is 16.7. The Kier molecular flexibility index (Phi) is 6.53. The van der Waals surface area contributed by atoms with Gasteiger partial charge in [0.15, 0.2) is 9.84 Å². The van der Waals surface area contributed by atoms with Crippen LogP contribution >= 0.6 is 23.4 Å². The average Bonchev–Trinajstić information content (AvgIpc) is 3.29. The first kappa shape index (κ1) is 24.5. The Morgan fingerprint density at radius 2 is 2.00 bits per heavy atom. The molecule has 2 aromatic rings. The fourth-order valence-electron chi connectivity index (χ4n) is 5.00. The van der Waals surface area contributed by atoms with E-state index in [0.717, 1.165) is 35.9 Å². The number of thioether (sulfide) groups is 1.